The number of anilines is 1. The summed E-state index contributed by atoms with van der Waals surface area (Å²) in [5.41, 5.74) is 5.00. The molecule has 0 radical (unpaired) electrons. The Balaban J connectivity index is 1.46. The van der Waals surface area contributed by atoms with Crippen LogP contribution in [0, 0.1) is 26.7 Å². The first-order chi connectivity index (χ1) is 12.4. The number of pyridine rings is 1. The molecule has 2 aromatic heterocycles. The third kappa shape index (κ3) is 2.92. The van der Waals surface area contributed by atoms with E-state index in [9.17, 15) is 4.79 Å². The number of amides is 1. The first kappa shape index (κ1) is 17.2. The lowest BCUT2D eigenvalue weighted by molar-refractivity contribution is -0.135. The zero-order chi connectivity index (χ0) is 18.4. The average molecular weight is 372 g/mol. The van der Waals surface area contributed by atoms with Gasteiger partial charge in [0.05, 0.1) is 28.9 Å². The van der Waals surface area contributed by atoms with Gasteiger partial charge in [-0.3, -0.25) is 9.78 Å². The van der Waals surface area contributed by atoms with E-state index >= 15 is 0 Å². The van der Waals surface area contributed by atoms with Crippen LogP contribution in [0.3, 0.4) is 0 Å². The van der Waals surface area contributed by atoms with Crippen molar-refractivity contribution in [2.75, 3.05) is 18.0 Å². The average Bonchev–Trinajstić information content (AvgIpc) is 3.27. The molecule has 1 amide bonds. The highest BCUT2D eigenvalue weighted by molar-refractivity contribution is 6.32. The minimum atomic E-state index is -0.0221. The Bertz CT molecular complexity index is 867. The number of hydrogen-bond donors (Lipinski definition) is 0. The van der Waals surface area contributed by atoms with Crippen LogP contribution in [0.15, 0.2) is 12.4 Å². The molecule has 0 spiro atoms. The second-order valence-electron chi connectivity index (χ2n) is 7.25. The van der Waals surface area contributed by atoms with Gasteiger partial charge in [-0.05, 0) is 43.9 Å². The molecule has 0 saturated carbocycles. The molecule has 1 atom stereocenters. The number of aryl methyl sites for hydroxylation is 2. The standard InChI is InChI=1S/C19H22ClN5O/c1-11-6-21-19(22-7-11)24-5-4-14(8-24)18(26)25-9-15-12(2)17(20)13(3)23-16(15)10-25/h6-7,14H,4-5,8-10H2,1-3H3. The van der Waals surface area contributed by atoms with Gasteiger partial charge in [0.25, 0.3) is 0 Å². The van der Waals surface area contributed by atoms with E-state index in [1.54, 1.807) is 0 Å². The summed E-state index contributed by atoms with van der Waals surface area (Å²) in [5.74, 6) is 0.868. The molecule has 2 aromatic rings. The molecular formula is C19H22ClN5O. The Kier molecular flexibility index (Phi) is 4.31. The smallest absolute Gasteiger partial charge is 0.228 e. The van der Waals surface area contributed by atoms with E-state index in [-0.39, 0.29) is 11.8 Å². The fourth-order valence-corrected chi connectivity index (χ4v) is 3.97. The van der Waals surface area contributed by atoms with E-state index in [0.29, 0.717) is 30.6 Å². The molecule has 0 N–H and O–H groups in total. The van der Waals surface area contributed by atoms with Crippen molar-refractivity contribution in [3.05, 3.63) is 45.5 Å². The van der Waals surface area contributed by atoms with E-state index < -0.39 is 0 Å². The second-order valence-corrected chi connectivity index (χ2v) is 7.63. The number of halogens is 1. The lowest BCUT2D eigenvalue weighted by Crippen LogP contribution is -2.34. The topological polar surface area (TPSA) is 62.2 Å². The van der Waals surface area contributed by atoms with Crippen molar-refractivity contribution >= 4 is 23.5 Å². The molecule has 26 heavy (non-hydrogen) atoms. The maximum absolute atomic E-state index is 13.0. The van der Waals surface area contributed by atoms with Crippen LogP contribution < -0.4 is 4.90 Å². The largest absolute Gasteiger partial charge is 0.340 e. The van der Waals surface area contributed by atoms with Crippen LogP contribution in [0.4, 0.5) is 5.95 Å². The predicted octanol–water partition coefficient (Wildman–Crippen LogP) is 2.82. The van der Waals surface area contributed by atoms with Crippen LogP contribution in [0.5, 0.6) is 0 Å². The lowest BCUT2D eigenvalue weighted by atomic mass is 10.1. The van der Waals surface area contributed by atoms with Crippen LogP contribution in [-0.2, 0) is 17.9 Å². The molecule has 2 aliphatic rings. The van der Waals surface area contributed by atoms with Gasteiger partial charge in [-0.15, -0.1) is 0 Å². The van der Waals surface area contributed by atoms with E-state index in [1.807, 2.05) is 38.1 Å². The van der Waals surface area contributed by atoms with Crippen molar-refractivity contribution in [3.63, 3.8) is 0 Å². The Labute approximate surface area is 158 Å². The summed E-state index contributed by atoms with van der Waals surface area (Å²) >= 11 is 6.33. The highest BCUT2D eigenvalue weighted by Gasteiger charge is 2.35. The van der Waals surface area contributed by atoms with Gasteiger partial charge in [-0.1, -0.05) is 11.6 Å². The summed E-state index contributed by atoms with van der Waals surface area (Å²) in [4.78, 5) is 30.4. The van der Waals surface area contributed by atoms with Crippen LogP contribution in [0.25, 0.3) is 0 Å². The first-order valence-corrected chi connectivity index (χ1v) is 9.28. The van der Waals surface area contributed by atoms with Crippen molar-refractivity contribution in [1.82, 2.24) is 19.9 Å². The van der Waals surface area contributed by atoms with Gasteiger partial charge in [0, 0.05) is 32.0 Å². The van der Waals surface area contributed by atoms with Crippen molar-refractivity contribution < 1.29 is 4.79 Å². The van der Waals surface area contributed by atoms with E-state index in [1.165, 1.54) is 0 Å². The van der Waals surface area contributed by atoms with Crippen molar-refractivity contribution in [2.24, 2.45) is 5.92 Å². The molecule has 0 aromatic carbocycles. The zero-order valence-electron chi connectivity index (χ0n) is 15.3. The van der Waals surface area contributed by atoms with Crippen LogP contribution in [0.2, 0.25) is 5.02 Å². The Hall–Kier alpha value is -2.21. The zero-order valence-corrected chi connectivity index (χ0v) is 16.0. The maximum Gasteiger partial charge on any atom is 0.228 e. The monoisotopic (exact) mass is 371 g/mol. The third-order valence-electron chi connectivity index (χ3n) is 5.34. The third-order valence-corrected chi connectivity index (χ3v) is 5.90. The highest BCUT2D eigenvalue weighted by Crippen LogP contribution is 2.32. The number of aromatic nitrogens is 3. The van der Waals surface area contributed by atoms with Gasteiger partial charge >= 0.3 is 0 Å². The summed E-state index contributed by atoms with van der Waals surface area (Å²) in [6.07, 6.45) is 4.46. The van der Waals surface area contributed by atoms with Gasteiger partial charge in [0.2, 0.25) is 11.9 Å². The Morgan fingerprint density at radius 1 is 1.19 bits per heavy atom. The number of carbonyl (C=O) groups is 1. The fraction of sp³-hybridized carbons (Fsp3) is 0.474. The molecular weight excluding hydrogens is 350 g/mol. The molecule has 7 heteroatoms. The Morgan fingerprint density at radius 3 is 2.65 bits per heavy atom. The maximum atomic E-state index is 13.0. The van der Waals surface area contributed by atoms with Crippen molar-refractivity contribution in [2.45, 2.75) is 40.3 Å². The fourth-order valence-electron chi connectivity index (χ4n) is 3.81. The van der Waals surface area contributed by atoms with E-state index in [2.05, 4.69) is 19.9 Å². The molecule has 1 saturated heterocycles. The van der Waals surface area contributed by atoms with Crippen molar-refractivity contribution in [3.8, 4) is 0 Å². The predicted molar refractivity (Wildman–Crippen MR) is 100 cm³/mol. The van der Waals surface area contributed by atoms with Gasteiger partial charge in [-0.2, -0.15) is 0 Å². The van der Waals surface area contributed by atoms with Gasteiger partial charge in [0.15, 0.2) is 0 Å². The highest BCUT2D eigenvalue weighted by atomic mass is 35.5. The molecule has 136 valence electrons. The second kappa shape index (κ2) is 6.50. The lowest BCUT2D eigenvalue weighted by Gasteiger charge is -2.20. The summed E-state index contributed by atoms with van der Waals surface area (Å²) in [5, 5.41) is 0.710. The number of rotatable bonds is 2. The minimum Gasteiger partial charge on any atom is -0.340 e. The first-order valence-electron chi connectivity index (χ1n) is 8.91. The number of carbonyl (C=O) groups excluding carboxylic acids is 1. The summed E-state index contributed by atoms with van der Waals surface area (Å²) in [7, 11) is 0. The van der Waals surface area contributed by atoms with Gasteiger partial charge in [0.1, 0.15) is 0 Å². The summed E-state index contributed by atoms with van der Waals surface area (Å²) in [6.45, 7) is 8.54. The number of fused-ring (bicyclic) bond motifs is 1. The molecule has 4 rings (SSSR count). The van der Waals surface area contributed by atoms with E-state index in [4.69, 9.17) is 11.6 Å². The Morgan fingerprint density at radius 2 is 1.92 bits per heavy atom. The van der Waals surface area contributed by atoms with E-state index in [0.717, 1.165) is 41.0 Å². The van der Waals surface area contributed by atoms with Crippen LogP contribution in [0.1, 0.15) is 34.5 Å². The number of hydrogen-bond acceptors (Lipinski definition) is 5. The summed E-state index contributed by atoms with van der Waals surface area (Å²) in [6, 6.07) is 0. The van der Waals surface area contributed by atoms with Crippen LogP contribution in [-0.4, -0.2) is 38.8 Å². The summed E-state index contributed by atoms with van der Waals surface area (Å²) < 4.78 is 0. The molecule has 6 nitrogen and oxygen atoms in total. The van der Waals surface area contributed by atoms with Gasteiger partial charge in [-0.25, -0.2) is 9.97 Å². The van der Waals surface area contributed by atoms with Gasteiger partial charge < -0.3 is 9.80 Å². The quantitative estimate of drug-likeness (QED) is 0.812. The number of nitrogens with zero attached hydrogens (tertiary/aromatic N) is 5. The normalized spacial score (nSPS) is 19.2. The minimum absolute atomic E-state index is 0.0221. The molecule has 2 aliphatic heterocycles. The SMILES string of the molecule is Cc1cnc(N2CCC(C(=O)N3Cc4nc(C)c(Cl)c(C)c4C3)C2)nc1. The van der Waals surface area contributed by atoms with Crippen molar-refractivity contribution in [1.29, 1.82) is 0 Å². The molecule has 1 fully saturated rings. The molecule has 1 unspecified atom stereocenters. The molecule has 0 aliphatic carbocycles. The van der Waals surface area contributed by atoms with Crippen LogP contribution >= 0.6 is 11.6 Å². The molecule has 4 heterocycles. The molecule has 0 bridgehead atoms.